The Kier molecular flexibility index (Phi) is 1.99. The summed E-state index contributed by atoms with van der Waals surface area (Å²) in [4.78, 5) is 12.1. The monoisotopic (exact) mass is 232 g/mol. The van der Waals surface area contributed by atoms with Crippen LogP contribution in [0.4, 0.5) is 0 Å². The molecule has 92 valence electrons. The van der Waals surface area contributed by atoms with Crippen molar-refractivity contribution in [1.29, 1.82) is 0 Å². The molecule has 0 spiro atoms. The maximum atomic E-state index is 12.1. The summed E-state index contributed by atoms with van der Waals surface area (Å²) in [6.07, 6.45) is 4.29. The number of carbonyl (C=O) groups is 1. The predicted octanol–water partition coefficient (Wildman–Crippen LogP) is 1.07. The number of hydrogen-bond acceptors (Lipinski definition) is 2. The van der Waals surface area contributed by atoms with Crippen LogP contribution in [-0.4, -0.2) is 25.0 Å². The summed E-state index contributed by atoms with van der Waals surface area (Å²) in [5.41, 5.74) is 2.25. The number of rotatable bonds is 2. The maximum Gasteiger partial charge on any atom is 0.247 e. The van der Waals surface area contributed by atoms with Gasteiger partial charge < -0.3 is 10.6 Å². The Balaban J connectivity index is 1.42. The van der Waals surface area contributed by atoms with Crippen molar-refractivity contribution in [1.82, 2.24) is 10.6 Å². The second-order valence-electron chi connectivity index (χ2n) is 6.32. The lowest BCUT2D eigenvalue weighted by Gasteiger charge is -2.22. The fourth-order valence-electron chi connectivity index (χ4n) is 4.45. The summed E-state index contributed by atoms with van der Waals surface area (Å²) in [7, 11) is 0. The lowest BCUT2D eigenvalue weighted by atomic mass is 10.0. The number of carbonyl (C=O) groups excluding carboxylic acids is 1. The minimum absolute atomic E-state index is 0.195. The summed E-state index contributed by atoms with van der Waals surface area (Å²) in [6, 6.07) is 0.525. The van der Waals surface area contributed by atoms with Crippen molar-refractivity contribution in [3.05, 3.63) is 11.1 Å². The number of hydrogen-bond donors (Lipinski definition) is 2. The van der Waals surface area contributed by atoms with Gasteiger partial charge in [0.05, 0.1) is 0 Å². The third-order valence-corrected chi connectivity index (χ3v) is 5.58. The molecule has 0 aromatic carbocycles. The van der Waals surface area contributed by atoms with Crippen LogP contribution in [0.25, 0.3) is 0 Å². The molecule has 2 N–H and O–H groups in total. The fraction of sp³-hybridized carbons (Fsp3) is 0.786. The smallest absolute Gasteiger partial charge is 0.247 e. The molecule has 0 radical (unpaired) electrons. The molecule has 1 aliphatic heterocycles. The Morgan fingerprint density at radius 3 is 2.41 bits per heavy atom. The zero-order valence-electron chi connectivity index (χ0n) is 10.3. The van der Waals surface area contributed by atoms with E-state index in [0.29, 0.717) is 6.04 Å². The summed E-state index contributed by atoms with van der Waals surface area (Å²) < 4.78 is 0. The van der Waals surface area contributed by atoms with Crippen LogP contribution in [-0.2, 0) is 4.79 Å². The molecule has 4 rings (SSSR count). The van der Waals surface area contributed by atoms with Gasteiger partial charge in [0.2, 0.25) is 5.91 Å². The van der Waals surface area contributed by atoms with E-state index in [9.17, 15) is 4.79 Å². The van der Waals surface area contributed by atoms with Gasteiger partial charge in [-0.2, -0.15) is 0 Å². The van der Waals surface area contributed by atoms with Crippen molar-refractivity contribution in [2.75, 3.05) is 13.1 Å². The molecule has 4 aliphatic rings. The SMILES string of the molecule is CC(C(=O)NC1C2C3CCC(C3)C12)=C1CNC1. The topological polar surface area (TPSA) is 41.1 Å². The number of amides is 1. The molecule has 1 amide bonds. The molecule has 17 heavy (non-hydrogen) atoms. The van der Waals surface area contributed by atoms with Crippen molar-refractivity contribution in [2.24, 2.45) is 23.7 Å². The Bertz CT molecular complexity index is 392. The van der Waals surface area contributed by atoms with Crippen molar-refractivity contribution >= 4 is 5.91 Å². The molecular weight excluding hydrogens is 212 g/mol. The zero-order chi connectivity index (χ0) is 11.6. The standard InChI is InChI=1S/C14H20N2O/c1-7(10-5-15-6-10)14(17)16-13-11-8-2-3-9(4-8)12(11)13/h8-9,11-13,15H,2-6H2,1H3,(H,16,17). The molecule has 1 saturated heterocycles. The predicted molar refractivity (Wildman–Crippen MR) is 65.3 cm³/mol. The van der Waals surface area contributed by atoms with Crippen molar-refractivity contribution in [3.8, 4) is 0 Å². The van der Waals surface area contributed by atoms with E-state index in [-0.39, 0.29) is 5.91 Å². The maximum absolute atomic E-state index is 12.1. The molecule has 0 aromatic rings. The average molecular weight is 232 g/mol. The largest absolute Gasteiger partial charge is 0.349 e. The first-order valence-electron chi connectivity index (χ1n) is 6.96. The van der Waals surface area contributed by atoms with Crippen molar-refractivity contribution < 1.29 is 4.79 Å². The number of fused-ring (bicyclic) bond motifs is 5. The first-order chi connectivity index (χ1) is 8.25. The summed E-state index contributed by atoms with van der Waals surface area (Å²) in [6.45, 7) is 3.78. The molecule has 3 nitrogen and oxygen atoms in total. The first-order valence-corrected chi connectivity index (χ1v) is 6.96. The van der Waals surface area contributed by atoms with Crippen LogP contribution in [0.1, 0.15) is 26.2 Å². The molecule has 3 saturated carbocycles. The van der Waals surface area contributed by atoms with Crippen LogP contribution in [0.5, 0.6) is 0 Å². The minimum atomic E-state index is 0.195. The molecule has 3 heteroatoms. The van der Waals surface area contributed by atoms with Gasteiger partial charge in [0, 0.05) is 24.7 Å². The minimum Gasteiger partial charge on any atom is -0.349 e. The van der Waals surface area contributed by atoms with E-state index in [1.807, 2.05) is 6.92 Å². The van der Waals surface area contributed by atoms with Gasteiger partial charge in [0.15, 0.2) is 0 Å². The molecule has 2 bridgehead atoms. The van der Waals surface area contributed by atoms with E-state index in [0.717, 1.165) is 42.3 Å². The van der Waals surface area contributed by atoms with Crippen LogP contribution in [0, 0.1) is 23.7 Å². The summed E-state index contributed by atoms with van der Waals surface area (Å²) in [5, 5.41) is 6.47. The van der Waals surface area contributed by atoms with E-state index >= 15 is 0 Å². The Hall–Kier alpha value is -0.830. The van der Waals surface area contributed by atoms with Gasteiger partial charge in [-0.25, -0.2) is 0 Å². The highest BCUT2D eigenvalue weighted by Crippen LogP contribution is 2.65. The quantitative estimate of drug-likeness (QED) is 0.699. The first kappa shape index (κ1) is 10.1. The van der Waals surface area contributed by atoms with E-state index < -0.39 is 0 Å². The third-order valence-electron chi connectivity index (χ3n) is 5.58. The van der Waals surface area contributed by atoms with E-state index in [1.165, 1.54) is 24.8 Å². The lowest BCUT2D eigenvalue weighted by molar-refractivity contribution is -0.117. The van der Waals surface area contributed by atoms with Crippen LogP contribution in [0.3, 0.4) is 0 Å². The fourth-order valence-corrected chi connectivity index (χ4v) is 4.45. The molecule has 1 heterocycles. The van der Waals surface area contributed by atoms with Crippen LogP contribution in [0.2, 0.25) is 0 Å². The Labute approximate surface area is 102 Å². The van der Waals surface area contributed by atoms with E-state index in [1.54, 1.807) is 0 Å². The number of nitrogens with one attached hydrogen (secondary N) is 2. The normalized spacial score (nSPS) is 45.2. The van der Waals surface area contributed by atoms with Crippen LogP contribution < -0.4 is 10.6 Å². The van der Waals surface area contributed by atoms with Gasteiger partial charge in [0.1, 0.15) is 0 Å². The Morgan fingerprint density at radius 1 is 1.24 bits per heavy atom. The van der Waals surface area contributed by atoms with Gasteiger partial charge in [-0.1, -0.05) is 0 Å². The van der Waals surface area contributed by atoms with Crippen LogP contribution in [0.15, 0.2) is 11.1 Å². The third kappa shape index (κ3) is 1.35. The highest BCUT2D eigenvalue weighted by molar-refractivity contribution is 5.94. The second kappa shape index (κ2) is 3.35. The molecule has 0 aromatic heterocycles. The Morgan fingerprint density at radius 2 is 1.88 bits per heavy atom. The van der Waals surface area contributed by atoms with Crippen LogP contribution >= 0.6 is 0 Å². The molecule has 3 aliphatic carbocycles. The molecule has 4 unspecified atom stereocenters. The second-order valence-corrected chi connectivity index (χ2v) is 6.32. The van der Waals surface area contributed by atoms with Gasteiger partial charge >= 0.3 is 0 Å². The van der Waals surface area contributed by atoms with Gasteiger partial charge in [0.25, 0.3) is 0 Å². The van der Waals surface area contributed by atoms with Crippen molar-refractivity contribution in [2.45, 2.75) is 32.2 Å². The lowest BCUT2D eigenvalue weighted by Crippen LogP contribution is -2.38. The van der Waals surface area contributed by atoms with Gasteiger partial charge in [-0.3, -0.25) is 4.79 Å². The van der Waals surface area contributed by atoms with E-state index in [4.69, 9.17) is 0 Å². The summed E-state index contributed by atoms with van der Waals surface area (Å²) in [5.74, 6) is 3.76. The molecular formula is C14H20N2O. The van der Waals surface area contributed by atoms with Gasteiger partial charge in [-0.15, -0.1) is 0 Å². The van der Waals surface area contributed by atoms with Crippen molar-refractivity contribution in [3.63, 3.8) is 0 Å². The van der Waals surface area contributed by atoms with E-state index in [2.05, 4.69) is 10.6 Å². The molecule has 4 atom stereocenters. The average Bonchev–Trinajstić information content (AvgIpc) is 2.67. The highest BCUT2D eigenvalue weighted by Gasteiger charge is 2.65. The highest BCUT2D eigenvalue weighted by atomic mass is 16.1. The summed E-state index contributed by atoms with van der Waals surface area (Å²) >= 11 is 0. The molecule has 4 fully saturated rings. The van der Waals surface area contributed by atoms with Gasteiger partial charge in [-0.05, 0) is 55.4 Å². The zero-order valence-corrected chi connectivity index (χ0v) is 10.3.